The van der Waals surface area contributed by atoms with Gasteiger partial charge in [-0.1, -0.05) is 12.1 Å². The van der Waals surface area contributed by atoms with E-state index in [0.29, 0.717) is 12.1 Å². The zero-order valence-electron chi connectivity index (χ0n) is 13.5. The van der Waals surface area contributed by atoms with Crippen LogP contribution in [0.25, 0.3) is 0 Å². The third-order valence-corrected chi connectivity index (χ3v) is 3.90. The molecule has 0 spiro atoms. The number of benzene rings is 1. The van der Waals surface area contributed by atoms with Crippen molar-refractivity contribution in [2.45, 2.75) is 13.0 Å². The van der Waals surface area contributed by atoms with E-state index in [-0.39, 0.29) is 17.2 Å². The SMILES string of the molecule is CCN(C(=O)c1ccco1)C(c1cccnc1)c1ccc(F)cc1F. The Kier molecular flexibility index (Phi) is 4.88. The van der Waals surface area contributed by atoms with Crippen LogP contribution in [0, 0.1) is 11.6 Å². The van der Waals surface area contributed by atoms with Crippen LogP contribution in [0.15, 0.2) is 65.5 Å². The molecular weight excluding hydrogens is 326 g/mol. The minimum atomic E-state index is -0.753. The van der Waals surface area contributed by atoms with Crippen molar-refractivity contribution in [3.63, 3.8) is 0 Å². The van der Waals surface area contributed by atoms with Gasteiger partial charge in [-0.3, -0.25) is 9.78 Å². The summed E-state index contributed by atoms with van der Waals surface area (Å²) in [5.41, 5.74) is 0.811. The molecule has 1 amide bonds. The monoisotopic (exact) mass is 342 g/mol. The third-order valence-electron chi connectivity index (χ3n) is 3.90. The van der Waals surface area contributed by atoms with Crippen molar-refractivity contribution >= 4 is 5.91 Å². The van der Waals surface area contributed by atoms with E-state index in [1.54, 1.807) is 43.6 Å². The van der Waals surface area contributed by atoms with Gasteiger partial charge >= 0.3 is 0 Å². The van der Waals surface area contributed by atoms with E-state index in [4.69, 9.17) is 4.42 Å². The topological polar surface area (TPSA) is 46.3 Å². The number of aromatic nitrogens is 1. The van der Waals surface area contributed by atoms with Gasteiger partial charge in [-0.25, -0.2) is 8.78 Å². The molecule has 0 saturated carbocycles. The molecule has 4 nitrogen and oxygen atoms in total. The Balaban J connectivity index is 2.11. The molecule has 0 aliphatic rings. The number of hydrogen-bond acceptors (Lipinski definition) is 3. The van der Waals surface area contributed by atoms with Gasteiger partial charge in [0.25, 0.3) is 5.91 Å². The summed E-state index contributed by atoms with van der Waals surface area (Å²) in [6.07, 6.45) is 4.55. The number of carbonyl (C=O) groups excluding carboxylic acids is 1. The van der Waals surface area contributed by atoms with Gasteiger partial charge in [0.1, 0.15) is 11.6 Å². The number of halogens is 2. The number of nitrogens with zero attached hydrogens (tertiary/aromatic N) is 2. The molecule has 3 rings (SSSR count). The molecular formula is C19H16F2N2O2. The quantitative estimate of drug-likeness (QED) is 0.698. The van der Waals surface area contributed by atoms with Gasteiger partial charge in [0.2, 0.25) is 0 Å². The molecule has 0 N–H and O–H groups in total. The second kappa shape index (κ2) is 7.25. The average molecular weight is 342 g/mol. The lowest BCUT2D eigenvalue weighted by molar-refractivity contribution is 0.0682. The highest BCUT2D eigenvalue weighted by Crippen LogP contribution is 2.31. The van der Waals surface area contributed by atoms with Gasteiger partial charge in [-0.2, -0.15) is 0 Å². The first-order valence-corrected chi connectivity index (χ1v) is 7.81. The van der Waals surface area contributed by atoms with Crippen molar-refractivity contribution in [1.29, 1.82) is 0 Å². The Hall–Kier alpha value is -3.02. The van der Waals surface area contributed by atoms with Crippen LogP contribution in [0.2, 0.25) is 0 Å². The molecule has 3 aromatic rings. The van der Waals surface area contributed by atoms with Crippen molar-refractivity contribution in [2.75, 3.05) is 6.54 Å². The number of carbonyl (C=O) groups is 1. The van der Waals surface area contributed by atoms with Gasteiger partial charge in [0, 0.05) is 30.6 Å². The van der Waals surface area contributed by atoms with Crippen LogP contribution in [-0.4, -0.2) is 22.3 Å². The van der Waals surface area contributed by atoms with Gasteiger partial charge in [0.15, 0.2) is 5.76 Å². The lowest BCUT2D eigenvalue weighted by Gasteiger charge is -2.31. The first-order valence-electron chi connectivity index (χ1n) is 7.81. The zero-order valence-corrected chi connectivity index (χ0v) is 13.5. The summed E-state index contributed by atoms with van der Waals surface area (Å²) < 4.78 is 33.0. The van der Waals surface area contributed by atoms with E-state index in [9.17, 15) is 13.6 Å². The van der Waals surface area contributed by atoms with E-state index in [0.717, 1.165) is 6.07 Å². The van der Waals surface area contributed by atoms with Crippen molar-refractivity contribution in [1.82, 2.24) is 9.88 Å². The molecule has 0 aliphatic carbocycles. The van der Waals surface area contributed by atoms with Crippen molar-refractivity contribution in [3.05, 3.63) is 89.6 Å². The van der Waals surface area contributed by atoms with Gasteiger partial charge in [-0.15, -0.1) is 0 Å². The summed E-state index contributed by atoms with van der Waals surface area (Å²) in [7, 11) is 0. The maximum absolute atomic E-state index is 14.5. The Morgan fingerprint density at radius 2 is 2.08 bits per heavy atom. The molecule has 1 atom stereocenters. The Morgan fingerprint density at radius 3 is 2.68 bits per heavy atom. The van der Waals surface area contributed by atoms with Crippen molar-refractivity contribution < 1.29 is 18.0 Å². The number of rotatable bonds is 5. The van der Waals surface area contributed by atoms with Crippen LogP contribution in [0.4, 0.5) is 8.78 Å². The van der Waals surface area contributed by atoms with Crippen LogP contribution in [0.1, 0.15) is 34.6 Å². The van der Waals surface area contributed by atoms with Crippen molar-refractivity contribution in [3.8, 4) is 0 Å². The predicted molar refractivity (Wildman–Crippen MR) is 87.9 cm³/mol. The number of amides is 1. The largest absolute Gasteiger partial charge is 0.459 e. The number of hydrogen-bond donors (Lipinski definition) is 0. The minimum Gasteiger partial charge on any atom is -0.459 e. The van der Waals surface area contributed by atoms with Crippen LogP contribution < -0.4 is 0 Å². The maximum Gasteiger partial charge on any atom is 0.290 e. The summed E-state index contributed by atoms with van der Waals surface area (Å²) in [6.45, 7) is 2.08. The normalized spacial score (nSPS) is 12.0. The van der Waals surface area contributed by atoms with Gasteiger partial charge in [-0.05, 0) is 36.8 Å². The zero-order chi connectivity index (χ0) is 17.8. The van der Waals surface area contributed by atoms with E-state index in [1.807, 2.05) is 0 Å². The maximum atomic E-state index is 14.5. The Labute approximate surface area is 143 Å². The van der Waals surface area contributed by atoms with Gasteiger partial charge < -0.3 is 9.32 Å². The summed E-state index contributed by atoms with van der Waals surface area (Å²) >= 11 is 0. The second-order valence-electron chi connectivity index (χ2n) is 5.42. The fourth-order valence-electron chi connectivity index (χ4n) is 2.77. The smallest absolute Gasteiger partial charge is 0.290 e. The van der Waals surface area contributed by atoms with Crippen molar-refractivity contribution in [2.24, 2.45) is 0 Å². The Bertz CT molecular complexity index is 851. The highest BCUT2D eigenvalue weighted by Gasteiger charge is 2.30. The summed E-state index contributed by atoms with van der Waals surface area (Å²) in [6, 6.07) is 9.19. The van der Waals surface area contributed by atoms with E-state index in [1.165, 1.54) is 23.3 Å². The number of pyridine rings is 1. The first kappa shape index (κ1) is 16.8. The Morgan fingerprint density at radius 1 is 1.24 bits per heavy atom. The lowest BCUT2D eigenvalue weighted by Crippen LogP contribution is -2.35. The van der Waals surface area contributed by atoms with Crippen LogP contribution in [0.5, 0.6) is 0 Å². The van der Waals surface area contributed by atoms with E-state index in [2.05, 4.69) is 4.98 Å². The van der Waals surface area contributed by atoms with Crippen LogP contribution in [0.3, 0.4) is 0 Å². The molecule has 0 bridgehead atoms. The number of furan rings is 1. The molecule has 1 unspecified atom stereocenters. The van der Waals surface area contributed by atoms with Crippen LogP contribution >= 0.6 is 0 Å². The molecule has 1 aromatic carbocycles. The average Bonchev–Trinajstić information content (AvgIpc) is 3.15. The molecule has 0 fully saturated rings. The minimum absolute atomic E-state index is 0.151. The predicted octanol–water partition coefficient (Wildman–Crippen LogP) is 4.20. The van der Waals surface area contributed by atoms with E-state index < -0.39 is 17.7 Å². The highest BCUT2D eigenvalue weighted by atomic mass is 19.1. The molecule has 2 heterocycles. The molecule has 25 heavy (non-hydrogen) atoms. The third kappa shape index (κ3) is 3.42. The lowest BCUT2D eigenvalue weighted by atomic mass is 9.97. The summed E-state index contributed by atoms with van der Waals surface area (Å²) in [4.78, 5) is 18.3. The standard InChI is InChI=1S/C19H16F2N2O2/c1-2-23(19(24)17-6-4-10-25-17)18(13-5-3-9-22-12-13)15-8-7-14(20)11-16(15)21/h3-12,18H,2H2,1H3. The first-order chi connectivity index (χ1) is 12.1. The summed E-state index contributed by atoms with van der Waals surface area (Å²) in [5.74, 6) is -1.63. The van der Waals surface area contributed by atoms with Crippen LogP contribution in [-0.2, 0) is 0 Å². The fourth-order valence-corrected chi connectivity index (χ4v) is 2.77. The molecule has 0 aliphatic heterocycles. The highest BCUT2D eigenvalue weighted by molar-refractivity contribution is 5.92. The second-order valence-corrected chi connectivity index (χ2v) is 5.42. The molecule has 128 valence electrons. The fraction of sp³-hybridized carbons (Fsp3) is 0.158. The molecule has 0 radical (unpaired) electrons. The van der Waals surface area contributed by atoms with E-state index >= 15 is 0 Å². The van der Waals surface area contributed by atoms with Gasteiger partial charge in [0.05, 0.1) is 12.3 Å². The molecule has 2 aromatic heterocycles. The molecule has 0 saturated heterocycles. The molecule has 6 heteroatoms. The summed E-state index contributed by atoms with van der Waals surface area (Å²) in [5, 5.41) is 0.